The number of hydrogen-bond acceptors (Lipinski definition) is 3. The molecule has 2 aromatic rings. The highest BCUT2D eigenvalue weighted by molar-refractivity contribution is 5.75. The Balaban J connectivity index is 1.62. The lowest BCUT2D eigenvalue weighted by atomic mass is 10.3. The number of benzene rings is 1. The molecule has 0 bridgehead atoms. The third-order valence-electron chi connectivity index (χ3n) is 4.54. The topological polar surface area (TPSA) is 33.1 Å². The van der Waals surface area contributed by atoms with Gasteiger partial charge in [0.2, 0.25) is 0 Å². The smallest absolute Gasteiger partial charge is 0.123 e. The Hall–Kier alpha value is -1.39. The molecule has 0 aliphatic carbocycles. The van der Waals surface area contributed by atoms with Crippen LogP contribution in [-0.2, 0) is 13.1 Å². The number of nitrogens with one attached hydrogen (secondary N) is 1. The maximum absolute atomic E-state index is 4.76. The molecule has 1 aromatic carbocycles. The number of rotatable bonds is 6. The molecule has 1 N–H and O–H groups in total. The average molecular weight is 286 g/mol. The Morgan fingerprint density at radius 3 is 2.76 bits per heavy atom. The number of nitrogens with zero attached hydrogens (tertiary/aromatic N) is 3. The van der Waals surface area contributed by atoms with Crippen molar-refractivity contribution in [3.05, 3.63) is 30.1 Å². The van der Waals surface area contributed by atoms with Crippen molar-refractivity contribution in [2.45, 2.75) is 45.8 Å². The van der Waals surface area contributed by atoms with Crippen LogP contribution in [0.2, 0.25) is 0 Å². The van der Waals surface area contributed by atoms with Gasteiger partial charge in [0.05, 0.1) is 17.6 Å². The van der Waals surface area contributed by atoms with Crippen molar-refractivity contribution in [3.8, 4) is 0 Å². The Morgan fingerprint density at radius 1 is 1.24 bits per heavy atom. The van der Waals surface area contributed by atoms with Crippen LogP contribution in [0.5, 0.6) is 0 Å². The van der Waals surface area contributed by atoms with Gasteiger partial charge in [0, 0.05) is 19.1 Å². The van der Waals surface area contributed by atoms with Gasteiger partial charge in [-0.3, -0.25) is 4.90 Å². The molecule has 0 spiro atoms. The lowest BCUT2D eigenvalue weighted by Gasteiger charge is -2.23. The molecule has 21 heavy (non-hydrogen) atoms. The van der Waals surface area contributed by atoms with Crippen molar-refractivity contribution >= 4 is 11.0 Å². The van der Waals surface area contributed by atoms with Crippen LogP contribution in [0.25, 0.3) is 11.0 Å². The number of aromatic nitrogens is 2. The minimum absolute atomic E-state index is 0.618. The molecule has 1 aliphatic rings. The van der Waals surface area contributed by atoms with Crippen LogP contribution in [-0.4, -0.2) is 40.1 Å². The molecule has 1 unspecified atom stereocenters. The Morgan fingerprint density at radius 2 is 2.00 bits per heavy atom. The summed E-state index contributed by atoms with van der Waals surface area (Å²) in [7, 11) is 0. The largest absolute Gasteiger partial charge is 0.327 e. The SMILES string of the molecule is CCn1c(CNCC(C)N2CCCC2)nc2ccccc21. The van der Waals surface area contributed by atoms with Gasteiger partial charge in [-0.25, -0.2) is 4.98 Å². The van der Waals surface area contributed by atoms with Crippen molar-refractivity contribution in [1.29, 1.82) is 0 Å². The van der Waals surface area contributed by atoms with E-state index in [0.29, 0.717) is 6.04 Å². The lowest BCUT2D eigenvalue weighted by Crippen LogP contribution is -2.38. The van der Waals surface area contributed by atoms with Crippen molar-refractivity contribution in [2.75, 3.05) is 19.6 Å². The van der Waals surface area contributed by atoms with E-state index in [9.17, 15) is 0 Å². The fraction of sp³-hybridized carbons (Fsp3) is 0.588. The number of para-hydroxylation sites is 2. The second-order valence-corrected chi connectivity index (χ2v) is 5.98. The van der Waals surface area contributed by atoms with Gasteiger partial charge in [0.25, 0.3) is 0 Å². The Bertz CT molecular complexity index is 583. The van der Waals surface area contributed by atoms with Crippen LogP contribution < -0.4 is 5.32 Å². The minimum Gasteiger partial charge on any atom is -0.327 e. The summed E-state index contributed by atoms with van der Waals surface area (Å²) in [6, 6.07) is 9.01. The van der Waals surface area contributed by atoms with Gasteiger partial charge in [-0.05, 0) is 51.9 Å². The molecule has 0 amide bonds. The molecule has 0 saturated carbocycles. The van der Waals surface area contributed by atoms with Crippen molar-refractivity contribution in [1.82, 2.24) is 19.8 Å². The first kappa shape index (κ1) is 14.5. The molecular weight excluding hydrogens is 260 g/mol. The first-order chi connectivity index (χ1) is 10.3. The first-order valence-electron chi connectivity index (χ1n) is 8.18. The monoisotopic (exact) mass is 286 g/mol. The molecule has 4 heteroatoms. The molecule has 4 nitrogen and oxygen atoms in total. The summed E-state index contributed by atoms with van der Waals surface area (Å²) < 4.78 is 2.31. The van der Waals surface area contributed by atoms with E-state index in [1.165, 1.54) is 31.4 Å². The van der Waals surface area contributed by atoms with Crippen LogP contribution in [0.1, 0.15) is 32.5 Å². The maximum Gasteiger partial charge on any atom is 0.123 e. The zero-order valence-electron chi connectivity index (χ0n) is 13.2. The van der Waals surface area contributed by atoms with Crippen LogP contribution in [0.4, 0.5) is 0 Å². The Kier molecular flexibility index (Phi) is 4.56. The first-order valence-corrected chi connectivity index (χ1v) is 8.18. The molecule has 2 heterocycles. The van der Waals surface area contributed by atoms with Crippen molar-refractivity contribution in [3.63, 3.8) is 0 Å². The zero-order chi connectivity index (χ0) is 14.7. The zero-order valence-corrected chi connectivity index (χ0v) is 13.2. The van der Waals surface area contributed by atoms with Gasteiger partial charge < -0.3 is 9.88 Å². The van der Waals surface area contributed by atoms with Gasteiger partial charge >= 0.3 is 0 Å². The molecule has 1 aromatic heterocycles. The molecule has 1 aliphatic heterocycles. The van der Waals surface area contributed by atoms with E-state index < -0.39 is 0 Å². The third kappa shape index (κ3) is 3.11. The predicted octanol–water partition coefficient (Wildman–Crippen LogP) is 2.63. The lowest BCUT2D eigenvalue weighted by molar-refractivity contribution is 0.251. The van der Waals surface area contributed by atoms with E-state index in [0.717, 1.165) is 31.0 Å². The number of hydrogen-bond donors (Lipinski definition) is 1. The van der Waals surface area contributed by atoms with E-state index in [-0.39, 0.29) is 0 Å². The summed E-state index contributed by atoms with van der Waals surface area (Å²) in [5, 5.41) is 3.59. The summed E-state index contributed by atoms with van der Waals surface area (Å²) in [4.78, 5) is 7.34. The van der Waals surface area contributed by atoms with E-state index in [1.54, 1.807) is 0 Å². The fourth-order valence-electron chi connectivity index (χ4n) is 3.32. The average Bonchev–Trinajstić information content (AvgIpc) is 3.14. The molecular formula is C17H26N4. The number of aryl methyl sites for hydroxylation is 1. The number of imidazole rings is 1. The molecule has 114 valence electrons. The van der Waals surface area contributed by atoms with Crippen molar-refractivity contribution in [2.24, 2.45) is 0 Å². The van der Waals surface area contributed by atoms with E-state index >= 15 is 0 Å². The van der Waals surface area contributed by atoms with Crippen molar-refractivity contribution < 1.29 is 0 Å². The summed E-state index contributed by atoms with van der Waals surface area (Å²) in [5.41, 5.74) is 2.34. The molecule has 0 radical (unpaired) electrons. The van der Waals surface area contributed by atoms with Crippen LogP contribution in [0.3, 0.4) is 0 Å². The van der Waals surface area contributed by atoms with Crippen LogP contribution in [0.15, 0.2) is 24.3 Å². The van der Waals surface area contributed by atoms with Gasteiger partial charge in [-0.2, -0.15) is 0 Å². The quantitative estimate of drug-likeness (QED) is 0.886. The second-order valence-electron chi connectivity index (χ2n) is 5.98. The summed E-state index contributed by atoms with van der Waals surface area (Å²) in [5.74, 6) is 1.15. The highest BCUT2D eigenvalue weighted by Gasteiger charge is 2.17. The second kappa shape index (κ2) is 6.58. The normalized spacial score (nSPS) is 17.6. The van der Waals surface area contributed by atoms with Crippen LogP contribution >= 0.6 is 0 Å². The molecule has 3 rings (SSSR count). The fourth-order valence-corrected chi connectivity index (χ4v) is 3.32. The third-order valence-corrected chi connectivity index (χ3v) is 4.54. The number of fused-ring (bicyclic) bond motifs is 1. The predicted molar refractivity (Wildman–Crippen MR) is 87.4 cm³/mol. The summed E-state index contributed by atoms with van der Waals surface area (Å²) in [6.45, 7) is 9.88. The van der Waals surface area contributed by atoms with E-state index in [2.05, 4.69) is 52.9 Å². The molecule has 1 saturated heterocycles. The number of likely N-dealkylation sites (tertiary alicyclic amines) is 1. The van der Waals surface area contributed by atoms with Gasteiger partial charge in [0.1, 0.15) is 5.82 Å². The Labute approximate surface area is 127 Å². The van der Waals surface area contributed by atoms with Gasteiger partial charge in [-0.1, -0.05) is 12.1 Å². The van der Waals surface area contributed by atoms with E-state index in [4.69, 9.17) is 4.98 Å². The summed E-state index contributed by atoms with van der Waals surface area (Å²) in [6.07, 6.45) is 2.71. The van der Waals surface area contributed by atoms with Crippen LogP contribution in [0, 0.1) is 0 Å². The van der Waals surface area contributed by atoms with Gasteiger partial charge in [-0.15, -0.1) is 0 Å². The van der Waals surface area contributed by atoms with Gasteiger partial charge in [0.15, 0.2) is 0 Å². The standard InChI is InChI=1S/C17H26N4/c1-3-21-16-9-5-4-8-15(16)19-17(21)13-18-12-14(2)20-10-6-7-11-20/h4-5,8-9,14,18H,3,6-7,10-13H2,1-2H3. The maximum atomic E-state index is 4.76. The highest BCUT2D eigenvalue weighted by Crippen LogP contribution is 2.16. The molecule has 1 atom stereocenters. The summed E-state index contributed by atoms with van der Waals surface area (Å²) >= 11 is 0. The van der Waals surface area contributed by atoms with E-state index in [1.807, 2.05) is 0 Å². The highest BCUT2D eigenvalue weighted by atomic mass is 15.2. The minimum atomic E-state index is 0.618. The molecule has 1 fully saturated rings.